The van der Waals surface area contributed by atoms with Gasteiger partial charge in [-0.1, -0.05) is 24.6 Å². The van der Waals surface area contributed by atoms with E-state index in [0.29, 0.717) is 19.7 Å². The number of halogens is 1. The van der Waals surface area contributed by atoms with Gasteiger partial charge in [0.05, 0.1) is 6.54 Å². The molecule has 0 spiro atoms. The van der Waals surface area contributed by atoms with E-state index in [9.17, 15) is 4.79 Å². The van der Waals surface area contributed by atoms with Crippen molar-refractivity contribution in [3.8, 4) is 5.75 Å². The first kappa shape index (κ1) is 16.7. The molecule has 1 atom stereocenters. The molecular formula is C13H21ClN2O2. The second-order valence-electron chi connectivity index (χ2n) is 4.09. The highest BCUT2D eigenvalue weighted by Gasteiger charge is 2.09. The highest BCUT2D eigenvalue weighted by Crippen LogP contribution is 2.10. The summed E-state index contributed by atoms with van der Waals surface area (Å²) in [6, 6.07) is 7.81. The van der Waals surface area contributed by atoms with Gasteiger partial charge >= 0.3 is 0 Å². The maximum atomic E-state index is 11.4. The van der Waals surface area contributed by atoms with Gasteiger partial charge in [0.15, 0.2) is 0 Å². The summed E-state index contributed by atoms with van der Waals surface area (Å²) in [5.74, 6) is 0.645. The molecule has 5 heteroatoms. The Balaban J connectivity index is 0.00000289. The summed E-state index contributed by atoms with van der Waals surface area (Å²) in [6.07, 6.45) is 0. The number of carbonyl (C=O) groups excluding carboxylic acids is 1. The van der Waals surface area contributed by atoms with Crippen LogP contribution in [0.3, 0.4) is 0 Å². The largest absolute Gasteiger partial charge is 0.492 e. The van der Waals surface area contributed by atoms with Crippen LogP contribution in [-0.2, 0) is 4.79 Å². The van der Waals surface area contributed by atoms with Crippen LogP contribution in [0.5, 0.6) is 5.75 Å². The van der Waals surface area contributed by atoms with E-state index in [1.165, 1.54) is 5.56 Å². The van der Waals surface area contributed by atoms with Crippen molar-refractivity contribution in [2.75, 3.05) is 19.7 Å². The highest BCUT2D eigenvalue weighted by atomic mass is 35.5. The zero-order chi connectivity index (χ0) is 12.7. The first-order chi connectivity index (χ1) is 8.13. The number of nitrogens with two attached hydrogens (primary N) is 1. The van der Waals surface area contributed by atoms with Crippen LogP contribution in [0.4, 0.5) is 0 Å². The van der Waals surface area contributed by atoms with Gasteiger partial charge in [0.1, 0.15) is 12.4 Å². The van der Waals surface area contributed by atoms with Crippen molar-refractivity contribution in [1.29, 1.82) is 0 Å². The maximum absolute atomic E-state index is 11.4. The number of hydrogen-bond acceptors (Lipinski definition) is 3. The standard InChI is InChI=1S/C13H20N2O2.ClH/c1-10-3-5-12(6-4-10)17-8-7-15-13(16)11(2)9-14;/h3-6,11H,7-9,14H2,1-2H3,(H,15,16);1H. The minimum Gasteiger partial charge on any atom is -0.492 e. The molecule has 1 amide bonds. The third-order valence-electron chi connectivity index (χ3n) is 2.49. The molecule has 4 nitrogen and oxygen atoms in total. The van der Waals surface area contributed by atoms with Crippen molar-refractivity contribution in [3.63, 3.8) is 0 Å². The first-order valence-corrected chi connectivity index (χ1v) is 5.80. The number of amides is 1. The fourth-order valence-electron chi connectivity index (χ4n) is 1.26. The van der Waals surface area contributed by atoms with Crippen molar-refractivity contribution in [2.45, 2.75) is 13.8 Å². The van der Waals surface area contributed by atoms with E-state index >= 15 is 0 Å². The average Bonchev–Trinajstić information content (AvgIpc) is 2.35. The number of benzene rings is 1. The fraction of sp³-hybridized carbons (Fsp3) is 0.462. The van der Waals surface area contributed by atoms with Crippen molar-refractivity contribution in [1.82, 2.24) is 5.32 Å². The predicted molar refractivity (Wildman–Crippen MR) is 75.2 cm³/mol. The molecule has 1 unspecified atom stereocenters. The van der Waals surface area contributed by atoms with Gasteiger partial charge in [0.2, 0.25) is 5.91 Å². The molecular weight excluding hydrogens is 252 g/mol. The zero-order valence-corrected chi connectivity index (χ0v) is 11.6. The van der Waals surface area contributed by atoms with Gasteiger partial charge in [0, 0.05) is 12.5 Å². The van der Waals surface area contributed by atoms with Gasteiger partial charge < -0.3 is 15.8 Å². The molecule has 0 aliphatic rings. The lowest BCUT2D eigenvalue weighted by atomic mass is 10.2. The third kappa shape index (κ3) is 5.89. The van der Waals surface area contributed by atoms with Gasteiger partial charge in [-0.2, -0.15) is 0 Å². The molecule has 3 N–H and O–H groups in total. The average molecular weight is 273 g/mol. The summed E-state index contributed by atoms with van der Waals surface area (Å²) in [5.41, 5.74) is 6.59. The summed E-state index contributed by atoms with van der Waals surface area (Å²) in [6.45, 7) is 5.15. The first-order valence-electron chi connectivity index (χ1n) is 5.80. The van der Waals surface area contributed by atoms with Crippen LogP contribution in [0, 0.1) is 12.8 Å². The molecule has 0 bridgehead atoms. The molecule has 0 radical (unpaired) electrons. The van der Waals surface area contributed by atoms with Crippen LogP contribution in [0.2, 0.25) is 0 Å². The smallest absolute Gasteiger partial charge is 0.224 e. The van der Waals surface area contributed by atoms with Gasteiger partial charge in [-0.15, -0.1) is 12.4 Å². The van der Waals surface area contributed by atoms with Gasteiger partial charge in [-0.05, 0) is 19.1 Å². The molecule has 0 saturated heterocycles. The summed E-state index contributed by atoms with van der Waals surface area (Å²) < 4.78 is 5.48. The molecule has 1 rings (SSSR count). The van der Waals surface area contributed by atoms with Gasteiger partial charge in [0.25, 0.3) is 0 Å². The number of carbonyl (C=O) groups is 1. The van der Waals surface area contributed by atoms with Gasteiger partial charge in [-0.25, -0.2) is 0 Å². The second kappa shape index (κ2) is 8.78. The predicted octanol–water partition coefficient (Wildman–Crippen LogP) is 1.51. The Labute approximate surface area is 114 Å². The Morgan fingerprint density at radius 2 is 2.00 bits per heavy atom. The van der Waals surface area contributed by atoms with Crippen LogP contribution in [0.25, 0.3) is 0 Å². The van der Waals surface area contributed by atoms with E-state index < -0.39 is 0 Å². The summed E-state index contributed by atoms with van der Waals surface area (Å²) in [7, 11) is 0. The number of nitrogens with one attached hydrogen (secondary N) is 1. The summed E-state index contributed by atoms with van der Waals surface area (Å²) in [4.78, 5) is 11.4. The Kier molecular flexibility index (Phi) is 8.16. The molecule has 0 aliphatic heterocycles. The van der Waals surface area contributed by atoms with Gasteiger partial charge in [-0.3, -0.25) is 4.79 Å². The van der Waals surface area contributed by atoms with Crippen molar-refractivity contribution in [2.24, 2.45) is 11.7 Å². The van der Waals surface area contributed by atoms with E-state index in [2.05, 4.69) is 5.32 Å². The monoisotopic (exact) mass is 272 g/mol. The minimum absolute atomic E-state index is 0. The lowest BCUT2D eigenvalue weighted by Crippen LogP contribution is -2.35. The molecule has 0 saturated carbocycles. The molecule has 0 aliphatic carbocycles. The van der Waals surface area contributed by atoms with E-state index in [-0.39, 0.29) is 24.2 Å². The number of ether oxygens (including phenoxy) is 1. The minimum atomic E-state index is -0.144. The molecule has 102 valence electrons. The summed E-state index contributed by atoms with van der Waals surface area (Å²) >= 11 is 0. The highest BCUT2D eigenvalue weighted by molar-refractivity contribution is 5.85. The second-order valence-corrected chi connectivity index (χ2v) is 4.09. The Bertz CT molecular complexity index is 355. The zero-order valence-electron chi connectivity index (χ0n) is 10.8. The van der Waals surface area contributed by atoms with Crippen LogP contribution < -0.4 is 15.8 Å². The lowest BCUT2D eigenvalue weighted by molar-refractivity contribution is -0.124. The topological polar surface area (TPSA) is 64.3 Å². The Morgan fingerprint density at radius 3 is 2.56 bits per heavy atom. The van der Waals surface area contributed by atoms with E-state index in [1.807, 2.05) is 31.2 Å². The van der Waals surface area contributed by atoms with Crippen molar-refractivity contribution >= 4 is 18.3 Å². The van der Waals surface area contributed by atoms with Crippen LogP contribution in [0.1, 0.15) is 12.5 Å². The molecule has 1 aromatic carbocycles. The van der Waals surface area contributed by atoms with E-state index in [0.717, 1.165) is 5.75 Å². The van der Waals surface area contributed by atoms with E-state index in [1.54, 1.807) is 6.92 Å². The third-order valence-corrected chi connectivity index (χ3v) is 2.49. The lowest BCUT2D eigenvalue weighted by Gasteiger charge is -2.10. The fourth-order valence-corrected chi connectivity index (χ4v) is 1.26. The molecule has 18 heavy (non-hydrogen) atoms. The van der Waals surface area contributed by atoms with Crippen molar-refractivity contribution < 1.29 is 9.53 Å². The maximum Gasteiger partial charge on any atom is 0.224 e. The normalized spacial score (nSPS) is 11.3. The Morgan fingerprint density at radius 1 is 1.39 bits per heavy atom. The quantitative estimate of drug-likeness (QED) is 0.772. The SMILES string of the molecule is Cc1ccc(OCCNC(=O)C(C)CN)cc1.Cl. The van der Waals surface area contributed by atoms with Crippen LogP contribution in [0.15, 0.2) is 24.3 Å². The number of hydrogen-bond donors (Lipinski definition) is 2. The number of rotatable bonds is 6. The molecule has 0 heterocycles. The van der Waals surface area contributed by atoms with E-state index in [4.69, 9.17) is 10.5 Å². The van der Waals surface area contributed by atoms with Crippen LogP contribution >= 0.6 is 12.4 Å². The van der Waals surface area contributed by atoms with Crippen molar-refractivity contribution in [3.05, 3.63) is 29.8 Å². The van der Waals surface area contributed by atoms with Crippen LogP contribution in [-0.4, -0.2) is 25.6 Å². The Hall–Kier alpha value is -1.26. The summed E-state index contributed by atoms with van der Waals surface area (Å²) in [5, 5.41) is 2.77. The molecule has 0 aromatic heterocycles. The molecule has 0 fully saturated rings. The molecule has 1 aromatic rings. The number of aryl methyl sites for hydroxylation is 1.